The molecule has 1 aliphatic carbocycles. The largest absolute Gasteiger partial charge is 0.497 e. The molecule has 0 radical (unpaired) electrons. The van der Waals surface area contributed by atoms with Gasteiger partial charge >= 0.3 is 0 Å². The van der Waals surface area contributed by atoms with Crippen LogP contribution in [-0.4, -0.2) is 19.7 Å². The number of nitrogens with one attached hydrogen (secondary N) is 1. The number of hydrogen-bond acceptors (Lipinski definition) is 2. The SMILES string of the molecule is C=CC(C)(CNC1CC1)Cc1cc(OC)ccc1Br. The van der Waals surface area contributed by atoms with Gasteiger partial charge in [-0.25, -0.2) is 0 Å². The standard InChI is InChI=1S/C16H22BrNO/c1-4-16(2,11-18-13-5-6-13)10-12-9-14(19-3)7-8-15(12)17/h4,7-9,13,18H,1,5-6,10-11H2,2-3H3. The maximum Gasteiger partial charge on any atom is 0.119 e. The summed E-state index contributed by atoms with van der Waals surface area (Å²) in [6.45, 7) is 7.24. The molecule has 0 heterocycles. The predicted molar refractivity (Wildman–Crippen MR) is 83.7 cm³/mol. The normalized spacial score (nSPS) is 17.8. The van der Waals surface area contributed by atoms with Crippen molar-refractivity contribution in [2.24, 2.45) is 5.41 Å². The summed E-state index contributed by atoms with van der Waals surface area (Å²) in [5, 5.41) is 3.60. The summed E-state index contributed by atoms with van der Waals surface area (Å²) in [5.41, 5.74) is 1.33. The summed E-state index contributed by atoms with van der Waals surface area (Å²) in [7, 11) is 1.70. The van der Waals surface area contributed by atoms with Crippen LogP contribution in [0.5, 0.6) is 5.75 Å². The third-order valence-electron chi connectivity index (χ3n) is 3.71. The first kappa shape index (κ1) is 14.6. The lowest BCUT2D eigenvalue weighted by molar-refractivity contribution is 0.385. The van der Waals surface area contributed by atoms with E-state index in [1.807, 2.05) is 12.1 Å². The van der Waals surface area contributed by atoms with Gasteiger partial charge in [-0.1, -0.05) is 28.9 Å². The maximum absolute atomic E-state index is 5.30. The first-order chi connectivity index (χ1) is 9.06. The van der Waals surface area contributed by atoms with Crippen LogP contribution in [0.4, 0.5) is 0 Å². The molecule has 0 aliphatic heterocycles. The van der Waals surface area contributed by atoms with Crippen molar-refractivity contribution < 1.29 is 4.74 Å². The number of benzene rings is 1. The molecule has 1 unspecified atom stereocenters. The van der Waals surface area contributed by atoms with Crippen LogP contribution in [0.1, 0.15) is 25.3 Å². The van der Waals surface area contributed by atoms with Crippen LogP contribution in [0.3, 0.4) is 0 Å². The highest BCUT2D eigenvalue weighted by molar-refractivity contribution is 9.10. The van der Waals surface area contributed by atoms with E-state index in [0.717, 1.165) is 29.2 Å². The minimum Gasteiger partial charge on any atom is -0.497 e. The average molecular weight is 324 g/mol. The summed E-state index contributed by atoms with van der Waals surface area (Å²) < 4.78 is 6.44. The number of methoxy groups -OCH3 is 1. The number of halogens is 1. The molecule has 1 saturated carbocycles. The van der Waals surface area contributed by atoms with Gasteiger partial charge in [0.2, 0.25) is 0 Å². The second-order valence-corrected chi connectivity index (χ2v) is 6.50. The number of hydrogen-bond donors (Lipinski definition) is 1. The van der Waals surface area contributed by atoms with Crippen molar-refractivity contribution in [1.29, 1.82) is 0 Å². The van der Waals surface area contributed by atoms with Crippen molar-refractivity contribution in [3.05, 3.63) is 40.9 Å². The van der Waals surface area contributed by atoms with Gasteiger partial charge in [0.15, 0.2) is 0 Å². The molecular weight excluding hydrogens is 302 g/mol. The second kappa shape index (κ2) is 6.10. The predicted octanol–water partition coefficient (Wildman–Crippen LogP) is 3.94. The van der Waals surface area contributed by atoms with E-state index in [0.29, 0.717) is 0 Å². The first-order valence-corrected chi connectivity index (χ1v) is 7.55. The quantitative estimate of drug-likeness (QED) is 0.767. The molecule has 0 saturated heterocycles. The van der Waals surface area contributed by atoms with Crippen molar-refractivity contribution in [3.8, 4) is 5.75 Å². The third kappa shape index (κ3) is 4.08. The van der Waals surface area contributed by atoms with Gasteiger partial charge in [0.25, 0.3) is 0 Å². The summed E-state index contributed by atoms with van der Waals surface area (Å²) in [4.78, 5) is 0. The molecule has 1 aromatic carbocycles. The molecule has 1 N–H and O–H groups in total. The minimum absolute atomic E-state index is 0.0669. The van der Waals surface area contributed by atoms with Gasteiger partial charge in [0.1, 0.15) is 5.75 Å². The van der Waals surface area contributed by atoms with Crippen molar-refractivity contribution in [2.75, 3.05) is 13.7 Å². The van der Waals surface area contributed by atoms with Crippen molar-refractivity contribution in [3.63, 3.8) is 0 Å². The third-order valence-corrected chi connectivity index (χ3v) is 4.49. The van der Waals surface area contributed by atoms with Crippen LogP contribution in [0.2, 0.25) is 0 Å². The molecule has 0 spiro atoms. The van der Waals surface area contributed by atoms with Gasteiger partial charge < -0.3 is 10.1 Å². The van der Waals surface area contributed by atoms with Gasteiger partial charge in [0, 0.05) is 22.5 Å². The summed E-state index contributed by atoms with van der Waals surface area (Å²) in [6.07, 6.45) is 5.65. The van der Waals surface area contributed by atoms with Gasteiger partial charge in [-0.05, 0) is 43.0 Å². The summed E-state index contributed by atoms with van der Waals surface area (Å²) in [6, 6.07) is 6.85. The highest BCUT2D eigenvalue weighted by atomic mass is 79.9. The van der Waals surface area contributed by atoms with Crippen LogP contribution in [-0.2, 0) is 6.42 Å². The molecule has 1 aromatic rings. The fourth-order valence-corrected chi connectivity index (χ4v) is 2.51. The van der Waals surface area contributed by atoms with Crippen molar-refractivity contribution in [1.82, 2.24) is 5.32 Å². The minimum atomic E-state index is 0.0669. The summed E-state index contributed by atoms with van der Waals surface area (Å²) in [5.74, 6) is 0.903. The molecule has 1 aliphatic rings. The van der Waals surface area contributed by atoms with E-state index in [9.17, 15) is 0 Å². The molecule has 1 atom stereocenters. The number of rotatable bonds is 7. The molecule has 3 heteroatoms. The van der Waals surface area contributed by atoms with Gasteiger partial charge in [-0.3, -0.25) is 0 Å². The van der Waals surface area contributed by atoms with Crippen LogP contribution in [0.15, 0.2) is 35.3 Å². The van der Waals surface area contributed by atoms with E-state index in [1.165, 1.54) is 18.4 Å². The monoisotopic (exact) mass is 323 g/mol. The van der Waals surface area contributed by atoms with E-state index < -0.39 is 0 Å². The molecule has 2 nitrogen and oxygen atoms in total. The molecule has 0 amide bonds. The van der Waals surface area contributed by atoms with E-state index in [-0.39, 0.29) is 5.41 Å². The molecule has 2 rings (SSSR count). The molecule has 0 aromatic heterocycles. The Kier molecular flexibility index (Phi) is 4.69. The molecule has 0 bridgehead atoms. The molecule has 104 valence electrons. The molecular formula is C16H22BrNO. The Balaban J connectivity index is 2.09. The van der Waals surface area contributed by atoms with Crippen molar-refractivity contribution >= 4 is 15.9 Å². The molecule has 1 fully saturated rings. The van der Waals surface area contributed by atoms with Crippen LogP contribution in [0, 0.1) is 5.41 Å². The smallest absolute Gasteiger partial charge is 0.119 e. The Morgan fingerprint density at radius 3 is 2.84 bits per heavy atom. The Morgan fingerprint density at radius 1 is 1.53 bits per heavy atom. The van der Waals surface area contributed by atoms with E-state index in [1.54, 1.807) is 7.11 Å². The van der Waals surface area contributed by atoms with Crippen LogP contribution >= 0.6 is 15.9 Å². The van der Waals surface area contributed by atoms with Crippen LogP contribution in [0.25, 0.3) is 0 Å². The first-order valence-electron chi connectivity index (χ1n) is 6.76. The van der Waals surface area contributed by atoms with Crippen LogP contribution < -0.4 is 10.1 Å². The second-order valence-electron chi connectivity index (χ2n) is 5.65. The van der Waals surface area contributed by atoms with Gasteiger partial charge in [-0.15, -0.1) is 6.58 Å². The zero-order chi connectivity index (χ0) is 13.9. The highest BCUT2D eigenvalue weighted by Gasteiger charge is 2.27. The lowest BCUT2D eigenvalue weighted by Gasteiger charge is -2.27. The van der Waals surface area contributed by atoms with Crippen molar-refractivity contribution in [2.45, 2.75) is 32.2 Å². The Hall–Kier alpha value is -0.800. The topological polar surface area (TPSA) is 21.3 Å². The fourth-order valence-electron chi connectivity index (χ4n) is 2.12. The Morgan fingerprint density at radius 2 is 2.26 bits per heavy atom. The Bertz CT molecular complexity index is 456. The summed E-state index contributed by atoms with van der Waals surface area (Å²) >= 11 is 3.62. The Labute approximate surface area is 124 Å². The zero-order valence-corrected chi connectivity index (χ0v) is 13.3. The van der Waals surface area contributed by atoms with Gasteiger partial charge in [0.05, 0.1) is 7.11 Å². The van der Waals surface area contributed by atoms with E-state index in [4.69, 9.17) is 4.74 Å². The highest BCUT2D eigenvalue weighted by Crippen LogP contribution is 2.31. The number of ether oxygens (including phenoxy) is 1. The molecule has 19 heavy (non-hydrogen) atoms. The van der Waals surface area contributed by atoms with E-state index in [2.05, 4.69) is 46.9 Å². The fraction of sp³-hybridized carbons (Fsp3) is 0.500. The van der Waals surface area contributed by atoms with E-state index >= 15 is 0 Å². The average Bonchev–Trinajstić information content (AvgIpc) is 3.23. The van der Waals surface area contributed by atoms with Gasteiger partial charge in [-0.2, -0.15) is 0 Å². The maximum atomic E-state index is 5.30. The lowest BCUT2D eigenvalue weighted by atomic mass is 9.83. The lowest BCUT2D eigenvalue weighted by Crippen LogP contribution is -2.33. The zero-order valence-electron chi connectivity index (χ0n) is 11.7.